The fraction of sp³-hybridized carbons (Fsp3) is 0.111. The van der Waals surface area contributed by atoms with E-state index >= 15 is 0 Å². The lowest BCUT2D eigenvalue weighted by atomic mass is 10.0. The van der Waals surface area contributed by atoms with Gasteiger partial charge in [0.15, 0.2) is 0 Å². The van der Waals surface area contributed by atoms with Crippen molar-refractivity contribution in [1.82, 2.24) is 5.32 Å². The molecule has 1 atom stereocenters. The van der Waals surface area contributed by atoms with E-state index in [2.05, 4.69) is 83.5 Å². The molecule has 3 aromatic rings. The van der Waals surface area contributed by atoms with E-state index in [1.54, 1.807) is 11.3 Å². The van der Waals surface area contributed by atoms with Gasteiger partial charge in [-0.3, -0.25) is 0 Å². The van der Waals surface area contributed by atoms with E-state index in [0.717, 1.165) is 6.54 Å². The third-order valence-corrected chi connectivity index (χ3v) is 4.25. The minimum absolute atomic E-state index is 0.261. The summed E-state index contributed by atoms with van der Waals surface area (Å²) in [5.41, 5.74) is 2.62. The van der Waals surface area contributed by atoms with Crippen molar-refractivity contribution >= 4 is 11.3 Å². The molecule has 100 valence electrons. The van der Waals surface area contributed by atoms with Crippen LogP contribution in [0.3, 0.4) is 0 Å². The second-order valence-electron chi connectivity index (χ2n) is 4.73. The van der Waals surface area contributed by atoms with Gasteiger partial charge in [-0.1, -0.05) is 66.7 Å². The van der Waals surface area contributed by atoms with Crippen LogP contribution >= 0.6 is 11.3 Å². The summed E-state index contributed by atoms with van der Waals surface area (Å²) >= 11 is 1.80. The summed E-state index contributed by atoms with van der Waals surface area (Å²) < 4.78 is 0. The molecular weight excluding hydrogens is 262 g/mol. The summed E-state index contributed by atoms with van der Waals surface area (Å²) in [5, 5.41) is 5.80. The van der Waals surface area contributed by atoms with E-state index in [4.69, 9.17) is 0 Å². The summed E-state index contributed by atoms with van der Waals surface area (Å²) in [6.45, 7) is 0.873. The number of hydrogen-bond donors (Lipinski definition) is 1. The zero-order chi connectivity index (χ0) is 13.6. The first-order valence-electron chi connectivity index (χ1n) is 6.79. The maximum absolute atomic E-state index is 3.67. The lowest BCUT2D eigenvalue weighted by Crippen LogP contribution is -2.21. The van der Waals surface area contributed by atoms with Gasteiger partial charge in [-0.15, -0.1) is 11.3 Å². The molecule has 0 bridgehead atoms. The van der Waals surface area contributed by atoms with E-state index < -0.39 is 0 Å². The Labute approximate surface area is 123 Å². The van der Waals surface area contributed by atoms with Crippen LogP contribution in [0.15, 0.2) is 78.2 Å². The Kier molecular flexibility index (Phi) is 4.26. The van der Waals surface area contributed by atoms with E-state index in [0.29, 0.717) is 0 Å². The molecule has 0 fully saturated rings. The zero-order valence-electron chi connectivity index (χ0n) is 11.2. The Balaban J connectivity index is 1.80. The first-order chi connectivity index (χ1) is 9.93. The van der Waals surface area contributed by atoms with Gasteiger partial charge in [-0.25, -0.2) is 0 Å². The van der Waals surface area contributed by atoms with Crippen LogP contribution in [0.4, 0.5) is 0 Å². The number of nitrogens with one attached hydrogen (secondary N) is 1. The summed E-state index contributed by atoms with van der Waals surface area (Å²) in [6.07, 6.45) is 0. The Hall–Kier alpha value is -1.90. The van der Waals surface area contributed by atoms with E-state index in [9.17, 15) is 0 Å². The van der Waals surface area contributed by atoms with Crippen LogP contribution in [-0.2, 0) is 6.54 Å². The minimum Gasteiger partial charge on any atom is -0.301 e. The van der Waals surface area contributed by atoms with Crippen LogP contribution in [-0.4, -0.2) is 0 Å². The maximum Gasteiger partial charge on any atom is 0.0673 e. The van der Waals surface area contributed by atoms with Crippen LogP contribution < -0.4 is 5.32 Å². The normalized spacial score (nSPS) is 12.2. The number of benzene rings is 2. The van der Waals surface area contributed by atoms with Crippen molar-refractivity contribution in [2.24, 2.45) is 0 Å². The van der Waals surface area contributed by atoms with Gasteiger partial charge in [0.2, 0.25) is 0 Å². The molecule has 0 aliphatic carbocycles. The molecule has 0 radical (unpaired) electrons. The highest BCUT2D eigenvalue weighted by Crippen LogP contribution is 2.26. The summed E-state index contributed by atoms with van der Waals surface area (Å²) in [6, 6.07) is 25.7. The lowest BCUT2D eigenvalue weighted by molar-refractivity contribution is 0.613. The number of rotatable bonds is 5. The summed E-state index contributed by atoms with van der Waals surface area (Å²) in [5.74, 6) is 0. The quantitative estimate of drug-likeness (QED) is 0.718. The van der Waals surface area contributed by atoms with Crippen molar-refractivity contribution in [2.45, 2.75) is 12.6 Å². The average Bonchev–Trinajstić information content (AvgIpc) is 3.04. The summed E-state index contributed by atoms with van der Waals surface area (Å²) in [7, 11) is 0. The Morgan fingerprint density at radius 1 is 0.800 bits per heavy atom. The largest absolute Gasteiger partial charge is 0.301 e. The Morgan fingerprint density at radius 2 is 1.50 bits per heavy atom. The molecule has 20 heavy (non-hydrogen) atoms. The summed E-state index contributed by atoms with van der Waals surface area (Å²) in [4.78, 5) is 1.35. The first kappa shape index (κ1) is 13.1. The topological polar surface area (TPSA) is 12.0 Å². The second-order valence-corrected chi connectivity index (χ2v) is 5.70. The minimum atomic E-state index is 0.261. The van der Waals surface area contributed by atoms with Crippen molar-refractivity contribution in [2.75, 3.05) is 0 Å². The first-order valence-corrected chi connectivity index (χ1v) is 7.67. The van der Waals surface area contributed by atoms with Gasteiger partial charge in [0.1, 0.15) is 0 Å². The van der Waals surface area contributed by atoms with E-state index in [-0.39, 0.29) is 6.04 Å². The smallest absolute Gasteiger partial charge is 0.0673 e. The highest BCUT2D eigenvalue weighted by molar-refractivity contribution is 7.10. The SMILES string of the molecule is c1ccc(CNC(c2ccccc2)c2cccs2)cc1. The molecule has 0 aliphatic rings. The van der Waals surface area contributed by atoms with Crippen molar-refractivity contribution < 1.29 is 0 Å². The van der Waals surface area contributed by atoms with Crippen LogP contribution in [0.25, 0.3) is 0 Å². The van der Waals surface area contributed by atoms with Crippen LogP contribution in [0.1, 0.15) is 22.0 Å². The predicted octanol–water partition coefficient (Wildman–Crippen LogP) is 4.63. The molecule has 0 amide bonds. The second kappa shape index (κ2) is 6.51. The Morgan fingerprint density at radius 3 is 2.15 bits per heavy atom. The van der Waals surface area contributed by atoms with Crippen LogP contribution in [0.5, 0.6) is 0 Å². The molecule has 1 aromatic heterocycles. The van der Waals surface area contributed by atoms with Crippen molar-refractivity contribution in [3.8, 4) is 0 Å². The van der Waals surface area contributed by atoms with Gasteiger partial charge < -0.3 is 5.32 Å². The van der Waals surface area contributed by atoms with Crippen molar-refractivity contribution in [3.63, 3.8) is 0 Å². The predicted molar refractivity (Wildman–Crippen MR) is 85.9 cm³/mol. The molecule has 1 N–H and O–H groups in total. The van der Waals surface area contributed by atoms with Gasteiger partial charge in [-0.2, -0.15) is 0 Å². The molecule has 1 nitrogen and oxygen atoms in total. The number of hydrogen-bond acceptors (Lipinski definition) is 2. The van der Waals surface area contributed by atoms with Crippen LogP contribution in [0, 0.1) is 0 Å². The molecule has 3 rings (SSSR count). The van der Waals surface area contributed by atoms with Crippen molar-refractivity contribution in [1.29, 1.82) is 0 Å². The van der Waals surface area contributed by atoms with Crippen molar-refractivity contribution in [3.05, 3.63) is 94.2 Å². The monoisotopic (exact) mass is 279 g/mol. The molecule has 0 saturated carbocycles. The standard InChI is InChI=1S/C18H17NS/c1-3-8-15(9-4-1)14-19-18(17-12-7-13-20-17)16-10-5-2-6-11-16/h1-13,18-19H,14H2. The lowest BCUT2D eigenvalue weighted by Gasteiger charge is -2.18. The van der Waals surface area contributed by atoms with E-state index in [1.807, 2.05) is 0 Å². The van der Waals surface area contributed by atoms with Gasteiger partial charge in [0, 0.05) is 11.4 Å². The molecule has 2 heteroatoms. The molecule has 1 unspecified atom stereocenters. The third kappa shape index (κ3) is 3.16. The average molecular weight is 279 g/mol. The van der Waals surface area contributed by atoms with Gasteiger partial charge in [-0.05, 0) is 22.6 Å². The highest BCUT2D eigenvalue weighted by Gasteiger charge is 2.13. The molecule has 0 saturated heterocycles. The fourth-order valence-corrected chi connectivity index (χ4v) is 3.13. The highest BCUT2D eigenvalue weighted by atomic mass is 32.1. The zero-order valence-corrected chi connectivity index (χ0v) is 12.0. The van der Waals surface area contributed by atoms with Crippen LogP contribution in [0.2, 0.25) is 0 Å². The number of thiophene rings is 1. The Bertz CT molecular complexity index is 617. The third-order valence-electron chi connectivity index (χ3n) is 3.31. The molecule has 2 aromatic carbocycles. The van der Waals surface area contributed by atoms with E-state index in [1.165, 1.54) is 16.0 Å². The molecule has 1 heterocycles. The molecule has 0 spiro atoms. The molecule has 0 aliphatic heterocycles. The van der Waals surface area contributed by atoms with Gasteiger partial charge in [0.25, 0.3) is 0 Å². The van der Waals surface area contributed by atoms with Gasteiger partial charge >= 0.3 is 0 Å². The maximum atomic E-state index is 3.67. The molecular formula is C18H17NS. The van der Waals surface area contributed by atoms with Gasteiger partial charge in [0.05, 0.1) is 6.04 Å². The fourth-order valence-electron chi connectivity index (χ4n) is 2.30.